The summed E-state index contributed by atoms with van der Waals surface area (Å²) in [5.41, 5.74) is 2.38. The van der Waals surface area contributed by atoms with E-state index in [1.807, 2.05) is 58.9 Å². The minimum Gasteiger partial charge on any atom is -0.350 e. The molecule has 4 nitrogen and oxygen atoms in total. The van der Waals surface area contributed by atoms with Gasteiger partial charge in [0.05, 0.1) is 6.42 Å². The number of rotatable bonds is 7. The molecule has 2 aromatic carbocycles. The van der Waals surface area contributed by atoms with E-state index in [1.54, 1.807) is 17.0 Å². The Hall–Kier alpha value is -2.69. The van der Waals surface area contributed by atoms with Crippen molar-refractivity contribution in [1.82, 2.24) is 10.2 Å². The summed E-state index contributed by atoms with van der Waals surface area (Å²) >= 11 is 0. The van der Waals surface area contributed by atoms with E-state index in [4.69, 9.17) is 0 Å². The number of carbonyl (C=O) groups excluding carboxylic acids is 2. The molecule has 0 saturated carbocycles. The molecule has 1 atom stereocenters. The van der Waals surface area contributed by atoms with E-state index < -0.39 is 11.6 Å². The molecule has 0 fully saturated rings. The minimum atomic E-state index is -0.600. The highest BCUT2D eigenvalue weighted by Gasteiger charge is 2.30. The molecule has 1 unspecified atom stereocenters. The summed E-state index contributed by atoms with van der Waals surface area (Å²) in [6.07, 6.45) is 0.699. The number of benzene rings is 2. The zero-order valence-corrected chi connectivity index (χ0v) is 18.0. The van der Waals surface area contributed by atoms with Gasteiger partial charge in [-0.25, -0.2) is 4.39 Å². The summed E-state index contributed by atoms with van der Waals surface area (Å²) in [4.78, 5) is 27.8. The second-order valence-electron chi connectivity index (χ2n) is 8.48. The summed E-state index contributed by atoms with van der Waals surface area (Å²) in [5.74, 6) is -0.639. The van der Waals surface area contributed by atoms with Gasteiger partial charge < -0.3 is 10.2 Å². The fraction of sp³-hybridized carbons (Fsp3) is 0.417. The standard InChI is InChI=1S/C24H31FN2O2/c1-6-21(23(29)26-24(3,4)5)27(16-18-10-12-20(25)13-11-18)22(28)15-19-9-7-8-17(2)14-19/h7-14,21H,6,15-16H2,1-5H3,(H,26,29). The largest absolute Gasteiger partial charge is 0.350 e. The van der Waals surface area contributed by atoms with E-state index in [9.17, 15) is 14.0 Å². The summed E-state index contributed by atoms with van der Waals surface area (Å²) in [6.45, 7) is 9.87. The molecule has 0 bridgehead atoms. The van der Waals surface area contributed by atoms with E-state index in [-0.39, 0.29) is 30.6 Å². The first-order valence-electron chi connectivity index (χ1n) is 10.0. The Morgan fingerprint density at radius 2 is 1.72 bits per heavy atom. The molecule has 0 aliphatic carbocycles. The van der Waals surface area contributed by atoms with Crippen LogP contribution in [-0.4, -0.2) is 28.3 Å². The second-order valence-corrected chi connectivity index (χ2v) is 8.48. The predicted molar refractivity (Wildman–Crippen MR) is 114 cm³/mol. The molecule has 0 radical (unpaired) electrons. The Kier molecular flexibility index (Phi) is 7.54. The van der Waals surface area contributed by atoms with Crippen LogP contribution in [0.4, 0.5) is 4.39 Å². The molecule has 0 aliphatic rings. The zero-order chi connectivity index (χ0) is 21.6. The Morgan fingerprint density at radius 1 is 1.07 bits per heavy atom. The lowest BCUT2D eigenvalue weighted by Gasteiger charge is -2.33. The number of hydrogen-bond donors (Lipinski definition) is 1. The third-order valence-corrected chi connectivity index (χ3v) is 4.59. The maximum absolute atomic E-state index is 13.3. The van der Waals surface area contributed by atoms with Gasteiger partial charge in [0.15, 0.2) is 0 Å². The molecule has 2 rings (SSSR count). The lowest BCUT2D eigenvalue weighted by molar-refractivity contribution is -0.141. The van der Waals surface area contributed by atoms with E-state index in [1.165, 1.54) is 12.1 Å². The van der Waals surface area contributed by atoms with Gasteiger partial charge in [-0.1, -0.05) is 48.9 Å². The molecule has 0 aliphatic heterocycles. The van der Waals surface area contributed by atoms with Crippen molar-refractivity contribution in [3.63, 3.8) is 0 Å². The van der Waals surface area contributed by atoms with Crippen molar-refractivity contribution in [2.24, 2.45) is 0 Å². The maximum Gasteiger partial charge on any atom is 0.243 e. The Morgan fingerprint density at radius 3 is 2.28 bits per heavy atom. The highest BCUT2D eigenvalue weighted by molar-refractivity contribution is 5.88. The fourth-order valence-electron chi connectivity index (χ4n) is 3.26. The quantitative estimate of drug-likeness (QED) is 0.752. The van der Waals surface area contributed by atoms with Crippen LogP contribution in [-0.2, 0) is 22.6 Å². The van der Waals surface area contributed by atoms with Crippen LogP contribution in [0, 0.1) is 12.7 Å². The van der Waals surface area contributed by atoms with Crippen LogP contribution in [0.25, 0.3) is 0 Å². The van der Waals surface area contributed by atoms with Gasteiger partial charge in [0.25, 0.3) is 0 Å². The van der Waals surface area contributed by atoms with Gasteiger partial charge in [0.2, 0.25) is 11.8 Å². The van der Waals surface area contributed by atoms with Gasteiger partial charge >= 0.3 is 0 Å². The number of halogens is 1. The molecule has 1 N–H and O–H groups in total. The minimum absolute atomic E-state index is 0.129. The van der Waals surface area contributed by atoms with E-state index in [0.29, 0.717) is 6.42 Å². The van der Waals surface area contributed by atoms with Crippen LogP contribution in [0.3, 0.4) is 0 Å². The molecule has 0 aromatic heterocycles. The molecule has 156 valence electrons. The third-order valence-electron chi connectivity index (χ3n) is 4.59. The summed E-state index contributed by atoms with van der Waals surface area (Å²) in [5, 5.41) is 2.98. The number of aryl methyl sites for hydroxylation is 1. The molecule has 29 heavy (non-hydrogen) atoms. The third kappa shape index (κ3) is 7.00. The number of hydrogen-bond acceptors (Lipinski definition) is 2. The van der Waals surface area contributed by atoms with Crippen LogP contribution in [0.2, 0.25) is 0 Å². The van der Waals surface area contributed by atoms with Gasteiger partial charge in [0.1, 0.15) is 11.9 Å². The van der Waals surface area contributed by atoms with E-state index >= 15 is 0 Å². The van der Waals surface area contributed by atoms with Crippen LogP contribution in [0.5, 0.6) is 0 Å². The smallest absolute Gasteiger partial charge is 0.243 e. The van der Waals surface area contributed by atoms with Crippen molar-refractivity contribution in [2.75, 3.05) is 0 Å². The number of nitrogens with zero attached hydrogens (tertiary/aromatic N) is 1. The van der Waals surface area contributed by atoms with Gasteiger partial charge in [-0.3, -0.25) is 9.59 Å². The number of nitrogens with one attached hydrogen (secondary N) is 1. The summed E-state index contributed by atoms with van der Waals surface area (Å²) in [6, 6.07) is 13.2. The molecule has 0 heterocycles. The number of amides is 2. The molecule has 2 amide bonds. The Balaban J connectivity index is 2.30. The highest BCUT2D eigenvalue weighted by Crippen LogP contribution is 2.16. The van der Waals surface area contributed by atoms with Crippen LogP contribution >= 0.6 is 0 Å². The first kappa shape index (κ1) is 22.6. The molecule has 0 spiro atoms. The Labute approximate surface area is 173 Å². The lowest BCUT2D eigenvalue weighted by atomic mass is 10.0. The van der Waals surface area contributed by atoms with Crippen LogP contribution < -0.4 is 5.32 Å². The molecule has 2 aromatic rings. The van der Waals surface area contributed by atoms with Crippen LogP contribution in [0.15, 0.2) is 48.5 Å². The average molecular weight is 399 g/mol. The SMILES string of the molecule is CCC(C(=O)NC(C)(C)C)N(Cc1ccc(F)cc1)C(=O)Cc1cccc(C)c1. The van der Waals surface area contributed by atoms with Crippen LogP contribution in [0.1, 0.15) is 50.8 Å². The van der Waals surface area contributed by atoms with Gasteiger partial charge in [-0.05, 0) is 57.4 Å². The maximum atomic E-state index is 13.3. The van der Waals surface area contributed by atoms with Gasteiger partial charge in [-0.15, -0.1) is 0 Å². The topological polar surface area (TPSA) is 49.4 Å². The van der Waals surface area contributed by atoms with Gasteiger partial charge in [-0.2, -0.15) is 0 Å². The first-order chi connectivity index (χ1) is 13.6. The monoisotopic (exact) mass is 398 g/mol. The van der Waals surface area contributed by atoms with Crippen molar-refractivity contribution < 1.29 is 14.0 Å². The zero-order valence-electron chi connectivity index (χ0n) is 18.0. The van der Waals surface area contributed by atoms with Crippen molar-refractivity contribution in [2.45, 2.75) is 65.6 Å². The highest BCUT2D eigenvalue weighted by atomic mass is 19.1. The predicted octanol–water partition coefficient (Wildman–Crippen LogP) is 4.40. The summed E-state index contributed by atoms with van der Waals surface area (Å²) in [7, 11) is 0. The van der Waals surface area contributed by atoms with Gasteiger partial charge in [0, 0.05) is 12.1 Å². The number of carbonyl (C=O) groups is 2. The van der Waals surface area contributed by atoms with Crippen molar-refractivity contribution in [3.8, 4) is 0 Å². The molecule has 0 saturated heterocycles. The van der Waals surface area contributed by atoms with E-state index in [2.05, 4.69) is 5.32 Å². The fourth-order valence-corrected chi connectivity index (χ4v) is 3.26. The average Bonchev–Trinajstić information content (AvgIpc) is 2.61. The molecular formula is C24H31FN2O2. The van der Waals surface area contributed by atoms with E-state index in [0.717, 1.165) is 16.7 Å². The lowest BCUT2D eigenvalue weighted by Crippen LogP contribution is -2.53. The first-order valence-corrected chi connectivity index (χ1v) is 10.0. The van der Waals surface area contributed by atoms with Crippen molar-refractivity contribution >= 4 is 11.8 Å². The normalized spacial score (nSPS) is 12.3. The Bertz CT molecular complexity index is 841. The molecular weight excluding hydrogens is 367 g/mol. The summed E-state index contributed by atoms with van der Waals surface area (Å²) < 4.78 is 13.3. The molecule has 5 heteroatoms. The second kappa shape index (κ2) is 9.68. The van der Waals surface area contributed by atoms with Crippen molar-refractivity contribution in [3.05, 3.63) is 71.0 Å². The van der Waals surface area contributed by atoms with Crippen molar-refractivity contribution in [1.29, 1.82) is 0 Å².